The molecule has 19 heavy (non-hydrogen) atoms. The van der Waals surface area contributed by atoms with Crippen molar-refractivity contribution in [3.8, 4) is 22.7 Å². The van der Waals surface area contributed by atoms with E-state index in [0.717, 1.165) is 22.6 Å². The number of nitrogens with zero attached hydrogens (tertiary/aromatic N) is 1. The largest absolute Gasteiger partial charge is 0.441 e. The van der Waals surface area contributed by atoms with Crippen LogP contribution in [0.15, 0.2) is 59.0 Å². The predicted octanol–water partition coefficient (Wildman–Crippen LogP) is 4.63. The fraction of sp³-hybridized carbons (Fsp3) is 0.118. The molecule has 94 valence electrons. The summed E-state index contributed by atoms with van der Waals surface area (Å²) in [5, 5.41) is 0. The molecule has 0 spiro atoms. The van der Waals surface area contributed by atoms with Crippen molar-refractivity contribution < 1.29 is 4.42 Å². The van der Waals surface area contributed by atoms with Crippen molar-refractivity contribution in [1.82, 2.24) is 4.98 Å². The molecule has 3 rings (SSSR count). The Balaban J connectivity index is 2.04. The van der Waals surface area contributed by atoms with Crippen molar-refractivity contribution in [2.75, 3.05) is 0 Å². The van der Waals surface area contributed by atoms with Crippen molar-refractivity contribution >= 4 is 0 Å². The van der Waals surface area contributed by atoms with E-state index in [1.807, 2.05) is 49.4 Å². The lowest BCUT2D eigenvalue weighted by Crippen LogP contribution is -1.81. The molecule has 0 aliphatic heterocycles. The average Bonchev–Trinajstić information content (AvgIpc) is 2.83. The Bertz CT molecular complexity index is 681. The lowest BCUT2D eigenvalue weighted by molar-refractivity contribution is 0.543. The molecule has 0 aliphatic carbocycles. The smallest absolute Gasteiger partial charge is 0.226 e. The molecular formula is C17H15NO. The lowest BCUT2D eigenvalue weighted by Gasteiger charge is -1.96. The van der Waals surface area contributed by atoms with Gasteiger partial charge in [0.2, 0.25) is 5.89 Å². The number of benzene rings is 2. The van der Waals surface area contributed by atoms with Gasteiger partial charge in [0.05, 0.1) is 0 Å². The van der Waals surface area contributed by atoms with Crippen molar-refractivity contribution in [3.05, 3.63) is 65.9 Å². The quantitative estimate of drug-likeness (QED) is 0.662. The van der Waals surface area contributed by atoms with E-state index < -0.39 is 0 Å². The second-order valence-corrected chi connectivity index (χ2v) is 4.66. The maximum atomic E-state index is 5.78. The molecule has 1 heterocycles. The van der Waals surface area contributed by atoms with Gasteiger partial charge in [0, 0.05) is 11.1 Å². The van der Waals surface area contributed by atoms with Crippen LogP contribution in [0.4, 0.5) is 0 Å². The van der Waals surface area contributed by atoms with E-state index in [2.05, 4.69) is 24.0 Å². The summed E-state index contributed by atoms with van der Waals surface area (Å²) in [5.41, 5.74) is 4.24. The molecule has 2 nitrogen and oxygen atoms in total. The summed E-state index contributed by atoms with van der Waals surface area (Å²) in [6.45, 7) is 4.02. The van der Waals surface area contributed by atoms with Gasteiger partial charge in [-0.3, -0.25) is 0 Å². The first-order chi connectivity index (χ1) is 9.24. The molecule has 0 saturated heterocycles. The van der Waals surface area contributed by atoms with E-state index in [4.69, 9.17) is 4.42 Å². The number of aromatic nitrogens is 1. The highest BCUT2D eigenvalue weighted by atomic mass is 16.4. The zero-order valence-corrected chi connectivity index (χ0v) is 11.1. The minimum atomic E-state index is 0.677. The van der Waals surface area contributed by atoms with Crippen molar-refractivity contribution in [2.24, 2.45) is 0 Å². The molecule has 0 unspecified atom stereocenters. The molecule has 0 amide bonds. The maximum Gasteiger partial charge on any atom is 0.226 e. The minimum absolute atomic E-state index is 0.677. The zero-order valence-electron chi connectivity index (χ0n) is 11.1. The fourth-order valence-corrected chi connectivity index (χ4v) is 2.08. The summed E-state index contributed by atoms with van der Waals surface area (Å²) in [6, 6.07) is 18.3. The molecule has 0 bridgehead atoms. The molecule has 0 saturated carbocycles. The molecule has 3 aromatic rings. The first-order valence-corrected chi connectivity index (χ1v) is 6.34. The van der Waals surface area contributed by atoms with Gasteiger partial charge in [-0.15, -0.1) is 0 Å². The number of rotatable bonds is 2. The highest BCUT2D eigenvalue weighted by Crippen LogP contribution is 2.28. The lowest BCUT2D eigenvalue weighted by atomic mass is 10.1. The van der Waals surface area contributed by atoms with Crippen molar-refractivity contribution in [2.45, 2.75) is 13.8 Å². The average molecular weight is 249 g/mol. The summed E-state index contributed by atoms with van der Waals surface area (Å²) >= 11 is 0. The van der Waals surface area contributed by atoms with Crippen LogP contribution in [-0.4, -0.2) is 4.98 Å². The van der Waals surface area contributed by atoms with E-state index in [9.17, 15) is 0 Å². The molecule has 0 aliphatic rings. The van der Waals surface area contributed by atoms with E-state index >= 15 is 0 Å². The van der Waals surface area contributed by atoms with Gasteiger partial charge >= 0.3 is 0 Å². The predicted molar refractivity (Wildman–Crippen MR) is 76.8 cm³/mol. The van der Waals surface area contributed by atoms with Crippen LogP contribution in [0, 0.1) is 13.8 Å². The monoisotopic (exact) mass is 249 g/mol. The molecule has 0 radical (unpaired) electrons. The van der Waals surface area contributed by atoms with Crippen LogP contribution in [0.25, 0.3) is 22.7 Å². The van der Waals surface area contributed by atoms with Gasteiger partial charge in [0.25, 0.3) is 0 Å². The maximum absolute atomic E-state index is 5.78. The van der Waals surface area contributed by atoms with E-state index in [0.29, 0.717) is 5.89 Å². The number of aryl methyl sites for hydroxylation is 2. The van der Waals surface area contributed by atoms with Crippen LogP contribution < -0.4 is 0 Å². The van der Waals surface area contributed by atoms with Gasteiger partial charge < -0.3 is 4.42 Å². The highest BCUT2D eigenvalue weighted by molar-refractivity contribution is 5.65. The van der Waals surface area contributed by atoms with Crippen LogP contribution in [0.2, 0.25) is 0 Å². The van der Waals surface area contributed by atoms with Gasteiger partial charge in [-0.05, 0) is 26.0 Å². The summed E-state index contributed by atoms with van der Waals surface area (Å²) in [7, 11) is 0. The van der Waals surface area contributed by atoms with Gasteiger partial charge in [-0.25, -0.2) is 4.98 Å². The number of hydrogen-bond donors (Lipinski definition) is 0. The van der Waals surface area contributed by atoms with Crippen LogP contribution in [0.5, 0.6) is 0 Å². The summed E-state index contributed by atoms with van der Waals surface area (Å²) < 4.78 is 5.78. The Morgan fingerprint density at radius 1 is 0.789 bits per heavy atom. The van der Waals surface area contributed by atoms with Crippen molar-refractivity contribution in [1.29, 1.82) is 0 Å². The highest BCUT2D eigenvalue weighted by Gasteiger charge is 2.12. The van der Waals surface area contributed by atoms with Gasteiger partial charge in [-0.1, -0.05) is 48.0 Å². The minimum Gasteiger partial charge on any atom is -0.441 e. The van der Waals surface area contributed by atoms with Crippen LogP contribution in [0.1, 0.15) is 11.3 Å². The molecule has 0 fully saturated rings. The Morgan fingerprint density at radius 2 is 1.47 bits per heavy atom. The first-order valence-electron chi connectivity index (χ1n) is 6.34. The summed E-state index contributed by atoms with van der Waals surface area (Å²) in [4.78, 5) is 4.61. The van der Waals surface area contributed by atoms with E-state index in [1.54, 1.807) is 0 Å². The Kier molecular flexibility index (Phi) is 2.92. The Labute approximate surface area is 112 Å². The first kappa shape index (κ1) is 11.7. The molecule has 0 N–H and O–H groups in total. The van der Waals surface area contributed by atoms with E-state index in [-0.39, 0.29) is 0 Å². The Hall–Kier alpha value is -2.35. The topological polar surface area (TPSA) is 26.0 Å². The SMILES string of the molecule is Cc1ccc(-c2nc(-c3ccccc3)c(C)o2)cc1. The third-order valence-electron chi connectivity index (χ3n) is 3.14. The number of oxazole rings is 1. The van der Waals surface area contributed by atoms with E-state index in [1.165, 1.54) is 5.56 Å². The number of hydrogen-bond acceptors (Lipinski definition) is 2. The van der Waals surface area contributed by atoms with Gasteiger partial charge in [0.1, 0.15) is 11.5 Å². The second-order valence-electron chi connectivity index (χ2n) is 4.66. The summed E-state index contributed by atoms with van der Waals surface area (Å²) in [5.74, 6) is 1.53. The second kappa shape index (κ2) is 4.73. The third-order valence-corrected chi connectivity index (χ3v) is 3.14. The third kappa shape index (κ3) is 2.29. The molecule has 2 aromatic carbocycles. The molecular weight excluding hydrogens is 234 g/mol. The van der Waals surface area contributed by atoms with Crippen LogP contribution in [0.3, 0.4) is 0 Å². The van der Waals surface area contributed by atoms with Crippen molar-refractivity contribution in [3.63, 3.8) is 0 Å². The van der Waals surface area contributed by atoms with Crippen LogP contribution >= 0.6 is 0 Å². The summed E-state index contributed by atoms with van der Waals surface area (Å²) in [6.07, 6.45) is 0. The zero-order chi connectivity index (χ0) is 13.2. The van der Waals surface area contributed by atoms with Gasteiger partial charge in [0.15, 0.2) is 0 Å². The molecule has 2 heteroatoms. The van der Waals surface area contributed by atoms with Gasteiger partial charge in [-0.2, -0.15) is 0 Å². The normalized spacial score (nSPS) is 10.6. The fourth-order valence-electron chi connectivity index (χ4n) is 2.08. The molecule has 0 atom stereocenters. The standard InChI is InChI=1S/C17H15NO/c1-12-8-10-15(11-9-12)17-18-16(13(2)19-17)14-6-4-3-5-7-14/h3-11H,1-2H3. The Morgan fingerprint density at radius 3 is 2.16 bits per heavy atom. The van der Waals surface area contributed by atoms with Crippen LogP contribution in [-0.2, 0) is 0 Å². The molecule has 1 aromatic heterocycles.